The Morgan fingerprint density at radius 1 is 1.36 bits per heavy atom. The van der Waals surface area contributed by atoms with Crippen LogP contribution in [0.5, 0.6) is 5.75 Å². The van der Waals surface area contributed by atoms with Crippen LogP contribution < -0.4 is 10.1 Å². The van der Waals surface area contributed by atoms with Crippen LogP contribution in [0.2, 0.25) is 0 Å². The van der Waals surface area contributed by atoms with Gasteiger partial charge in [0.25, 0.3) is 0 Å². The van der Waals surface area contributed by atoms with Gasteiger partial charge in [-0.3, -0.25) is 0 Å². The Kier molecular flexibility index (Phi) is 6.55. The van der Waals surface area contributed by atoms with Crippen molar-refractivity contribution >= 4 is 38.5 Å². The standard InChI is InChI=1S/C10H13BrINO/c11-9-2-1-3-10(8-9)14-7-6-13-5-4-12/h1-3,8,13H,4-7H2. The summed E-state index contributed by atoms with van der Waals surface area (Å²) in [5, 5.41) is 3.28. The summed E-state index contributed by atoms with van der Waals surface area (Å²) < 4.78 is 7.72. The molecule has 0 amide bonds. The minimum Gasteiger partial charge on any atom is -0.492 e. The van der Waals surface area contributed by atoms with Crippen molar-refractivity contribution in [2.45, 2.75) is 0 Å². The van der Waals surface area contributed by atoms with Gasteiger partial charge >= 0.3 is 0 Å². The number of halogens is 2. The predicted octanol–water partition coefficient (Wildman–Crippen LogP) is 2.85. The van der Waals surface area contributed by atoms with Crippen LogP contribution in [0.25, 0.3) is 0 Å². The lowest BCUT2D eigenvalue weighted by atomic mass is 10.3. The summed E-state index contributed by atoms with van der Waals surface area (Å²) in [7, 11) is 0. The molecule has 2 nitrogen and oxygen atoms in total. The second-order valence-electron chi connectivity index (χ2n) is 2.74. The summed E-state index contributed by atoms with van der Waals surface area (Å²) in [6.45, 7) is 2.66. The fourth-order valence-corrected chi connectivity index (χ4v) is 1.75. The topological polar surface area (TPSA) is 21.3 Å². The van der Waals surface area contributed by atoms with Gasteiger partial charge in [-0.2, -0.15) is 0 Å². The lowest BCUT2D eigenvalue weighted by molar-refractivity contribution is 0.315. The second kappa shape index (κ2) is 7.48. The van der Waals surface area contributed by atoms with Gasteiger partial charge in [-0.05, 0) is 18.2 Å². The summed E-state index contributed by atoms with van der Waals surface area (Å²) in [5.41, 5.74) is 0. The van der Waals surface area contributed by atoms with E-state index in [0.29, 0.717) is 6.61 Å². The third-order valence-corrected chi connectivity index (χ3v) is 2.65. The Balaban J connectivity index is 2.18. The molecule has 0 aromatic heterocycles. The Bertz CT molecular complexity index is 270. The molecule has 4 heteroatoms. The molecule has 1 aromatic carbocycles. The minimum atomic E-state index is 0.715. The molecular formula is C10H13BrINO. The number of nitrogens with one attached hydrogen (secondary N) is 1. The highest BCUT2D eigenvalue weighted by molar-refractivity contribution is 14.1. The molecule has 0 unspecified atom stereocenters. The molecule has 0 radical (unpaired) electrons. The fourth-order valence-electron chi connectivity index (χ4n) is 0.990. The van der Waals surface area contributed by atoms with Crippen LogP contribution in [-0.2, 0) is 0 Å². The number of benzene rings is 1. The monoisotopic (exact) mass is 369 g/mol. The molecule has 0 aliphatic heterocycles. The zero-order chi connectivity index (χ0) is 10.2. The third kappa shape index (κ3) is 5.17. The highest BCUT2D eigenvalue weighted by Gasteiger charge is 1.93. The van der Waals surface area contributed by atoms with E-state index in [1.54, 1.807) is 0 Å². The lowest BCUT2D eigenvalue weighted by Crippen LogP contribution is -2.22. The summed E-state index contributed by atoms with van der Waals surface area (Å²) in [4.78, 5) is 0. The van der Waals surface area contributed by atoms with Crippen molar-refractivity contribution < 1.29 is 4.74 Å². The van der Waals surface area contributed by atoms with E-state index >= 15 is 0 Å². The first kappa shape index (κ1) is 12.3. The molecule has 0 aliphatic rings. The first-order valence-corrected chi connectivity index (χ1v) is 6.80. The molecule has 1 aromatic rings. The maximum absolute atomic E-state index is 5.54. The molecule has 0 bridgehead atoms. The quantitative estimate of drug-likeness (QED) is 0.473. The predicted molar refractivity (Wildman–Crippen MR) is 71.4 cm³/mol. The van der Waals surface area contributed by atoms with Gasteiger partial charge in [0.05, 0.1) is 0 Å². The third-order valence-electron chi connectivity index (χ3n) is 1.61. The van der Waals surface area contributed by atoms with Gasteiger partial charge in [-0.25, -0.2) is 0 Å². The normalized spacial score (nSPS) is 10.1. The average molecular weight is 370 g/mol. The molecule has 0 fully saturated rings. The van der Waals surface area contributed by atoms with Crippen molar-refractivity contribution in [1.29, 1.82) is 0 Å². The Morgan fingerprint density at radius 2 is 2.21 bits per heavy atom. The molecule has 0 spiro atoms. The number of hydrogen-bond donors (Lipinski definition) is 1. The summed E-state index contributed by atoms with van der Waals surface area (Å²) in [6, 6.07) is 7.89. The Morgan fingerprint density at radius 3 is 2.93 bits per heavy atom. The van der Waals surface area contributed by atoms with E-state index in [2.05, 4.69) is 43.8 Å². The van der Waals surface area contributed by atoms with Gasteiger partial charge in [-0.15, -0.1) is 0 Å². The van der Waals surface area contributed by atoms with Gasteiger partial charge in [0, 0.05) is 22.0 Å². The molecular weight excluding hydrogens is 357 g/mol. The van der Waals surface area contributed by atoms with Crippen LogP contribution in [0.1, 0.15) is 0 Å². The van der Waals surface area contributed by atoms with Crippen molar-refractivity contribution in [3.63, 3.8) is 0 Å². The zero-order valence-electron chi connectivity index (χ0n) is 7.80. The first-order chi connectivity index (χ1) is 6.83. The van der Waals surface area contributed by atoms with Crippen molar-refractivity contribution in [1.82, 2.24) is 5.32 Å². The van der Waals surface area contributed by atoms with Gasteiger partial charge in [0.15, 0.2) is 0 Å². The van der Waals surface area contributed by atoms with Crippen LogP contribution in [0.3, 0.4) is 0 Å². The molecule has 0 saturated heterocycles. The van der Waals surface area contributed by atoms with Crippen LogP contribution in [0.15, 0.2) is 28.7 Å². The van der Waals surface area contributed by atoms with E-state index in [4.69, 9.17) is 4.74 Å². The van der Waals surface area contributed by atoms with Crippen LogP contribution in [0.4, 0.5) is 0 Å². The highest BCUT2D eigenvalue weighted by atomic mass is 127. The highest BCUT2D eigenvalue weighted by Crippen LogP contribution is 2.17. The number of rotatable bonds is 6. The van der Waals surface area contributed by atoms with E-state index in [0.717, 1.165) is 27.7 Å². The Labute approximate surface area is 107 Å². The molecule has 0 aliphatic carbocycles. The molecule has 0 atom stereocenters. The van der Waals surface area contributed by atoms with Gasteiger partial charge in [0.1, 0.15) is 12.4 Å². The molecule has 14 heavy (non-hydrogen) atoms. The van der Waals surface area contributed by atoms with E-state index in [-0.39, 0.29) is 0 Å². The van der Waals surface area contributed by atoms with E-state index in [1.165, 1.54) is 0 Å². The van der Waals surface area contributed by atoms with Crippen LogP contribution in [-0.4, -0.2) is 24.1 Å². The van der Waals surface area contributed by atoms with Crippen LogP contribution >= 0.6 is 38.5 Å². The number of hydrogen-bond acceptors (Lipinski definition) is 2. The molecule has 1 N–H and O–H groups in total. The first-order valence-electron chi connectivity index (χ1n) is 4.48. The smallest absolute Gasteiger partial charge is 0.120 e. The van der Waals surface area contributed by atoms with Gasteiger partial charge < -0.3 is 10.1 Å². The lowest BCUT2D eigenvalue weighted by Gasteiger charge is -2.06. The SMILES string of the molecule is Brc1cccc(OCCNCCI)c1. The van der Waals surface area contributed by atoms with Gasteiger partial charge in [0.2, 0.25) is 0 Å². The van der Waals surface area contributed by atoms with Crippen molar-refractivity contribution in [2.24, 2.45) is 0 Å². The zero-order valence-corrected chi connectivity index (χ0v) is 11.5. The average Bonchev–Trinajstić information content (AvgIpc) is 2.18. The van der Waals surface area contributed by atoms with E-state index in [9.17, 15) is 0 Å². The van der Waals surface area contributed by atoms with Crippen molar-refractivity contribution in [3.8, 4) is 5.75 Å². The number of alkyl halides is 1. The maximum atomic E-state index is 5.54. The summed E-state index contributed by atoms with van der Waals surface area (Å²) in [6.07, 6.45) is 0. The van der Waals surface area contributed by atoms with E-state index < -0.39 is 0 Å². The molecule has 78 valence electrons. The fraction of sp³-hybridized carbons (Fsp3) is 0.400. The minimum absolute atomic E-state index is 0.715. The van der Waals surface area contributed by atoms with Crippen molar-refractivity contribution in [3.05, 3.63) is 28.7 Å². The second-order valence-corrected chi connectivity index (χ2v) is 4.74. The summed E-state index contributed by atoms with van der Waals surface area (Å²) >= 11 is 5.74. The van der Waals surface area contributed by atoms with Crippen LogP contribution in [0, 0.1) is 0 Å². The van der Waals surface area contributed by atoms with E-state index in [1.807, 2.05) is 24.3 Å². The Hall–Kier alpha value is 0.190. The molecule has 1 rings (SSSR count). The molecule has 0 saturated carbocycles. The largest absolute Gasteiger partial charge is 0.492 e. The van der Waals surface area contributed by atoms with Crippen molar-refractivity contribution in [2.75, 3.05) is 24.1 Å². The number of ether oxygens (including phenoxy) is 1. The van der Waals surface area contributed by atoms with Gasteiger partial charge in [-0.1, -0.05) is 44.6 Å². The summed E-state index contributed by atoms with van der Waals surface area (Å²) in [5.74, 6) is 0.913. The maximum Gasteiger partial charge on any atom is 0.120 e. The molecule has 0 heterocycles.